The Morgan fingerprint density at radius 2 is 2.08 bits per heavy atom. The molecule has 0 unspecified atom stereocenters. The number of nitrogens with two attached hydrogens (primary N) is 1. The molecule has 0 saturated heterocycles. The van der Waals surface area contributed by atoms with Gasteiger partial charge in [-0.05, 0) is 55.2 Å². The predicted octanol–water partition coefficient (Wildman–Crippen LogP) is 3.38. The van der Waals surface area contributed by atoms with Gasteiger partial charge in [-0.25, -0.2) is 0 Å². The summed E-state index contributed by atoms with van der Waals surface area (Å²) < 4.78 is 4.98. The lowest BCUT2D eigenvalue weighted by Gasteiger charge is -2.12. The number of phenolic OH excluding ortho intramolecular Hbond substituents is 1. The first-order valence-electron chi connectivity index (χ1n) is 8.38. The highest BCUT2D eigenvalue weighted by Crippen LogP contribution is 2.30. The van der Waals surface area contributed by atoms with E-state index in [2.05, 4.69) is 5.32 Å². The molecule has 6 heteroatoms. The summed E-state index contributed by atoms with van der Waals surface area (Å²) in [5.41, 5.74) is 7.49. The van der Waals surface area contributed by atoms with E-state index in [0.29, 0.717) is 42.0 Å². The molecule has 0 aromatic heterocycles. The van der Waals surface area contributed by atoms with E-state index >= 15 is 0 Å². The molecule has 0 spiro atoms. The van der Waals surface area contributed by atoms with Gasteiger partial charge in [-0.15, -0.1) is 0 Å². The van der Waals surface area contributed by atoms with Gasteiger partial charge >= 0.3 is 0 Å². The maximum atomic E-state index is 11.8. The van der Waals surface area contributed by atoms with Crippen molar-refractivity contribution in [3.05, 3.63) is 60.2 Å². The number of carbonyl (C=O) groups excluding carboxylic acids is 1. The van der Waals surface area contributed by atoms with Crippen LogP contribution in [0.1, 0.15) is 30.9 Å². The van der Waals surface area contributed by atoms with E-state index in [-0.39, 0.29) is 11.7 Å². The minimum absolute atomic E-state index is 0.000743. The summed E-state index contributed by atoms with van der Waals surface area (Å²) in [5.74, 6) is 0.123. The van der Waals surface area contributed by atoms with Gasteiger partial charge in [0, 0.05) is 0 Å². The Balaban J connectivity index is 1.75. The second kappa shape index (κ2) is 9.48. The van der Waals surface area contributed by atoms with Crippen molar-refractivity contribution in [3.8, 4) is 11.5 Å². The number of rotatable bonds is 8. The number of nitrogens with one attached hydrogen (secondary N) is 1. The van der Waals surface area contributed by atoms with Gasteiger partial charge in [0.15, 0.2) is 11.5 Å². The van der Waals surface area contributed by atoms with E-state index in [1.807, 2.05) is 0 Å². The molecule has 0 saturated carbocycles. The number of unbranched alkanes of at least 4 members (excludes halogenated alkanes) is 1. The van der Waals surface area contributed by atoms with Crippen molar-refractivity contribution in [2.45, 2.75) is 25.4 Å². The summed E-state index contributed by atoms with van der Waals surface area (Å²) in [5, 5.41) is 22.6. The van der Waals surface area contributed by atoms with Crippen LogP contribution in [0.15, 0.2) is 54.6 Å². The molecule has 2 rings (SSSR count). The van der Waals surface area contributed by atoms with Gasteiger partial charge in [-0.3, -0.25) is 4.79 Å². The van der Waals surface area contributed by atoms with Crippen LogP contribution < -0.4 is 15.8 Å². The highest BCUT2D eigenvalue weighted by Gasteiger charge is 2.10. The Morgan fingerprint density at radius 1 is 1.31 bits per heavy atom. The average Bonchev–Trinajstić information content (AvgIpc) is 2.63. The smallest absolute Gasteiger partial charge is 0.248 e. The number of anilines is 2. The number of aliphatic hydroxyl groups excluding tert-OH is 1. The third kappa shape index (κ3) is 5.53. The lowest BCUT2D eigenvalue weighted by atomic mass is 10.0. The highest BCUT2D eigenvalue weighted by molar-refractivity contribution is 6.01. The van der Waals surface area contributed by atoms with Crippen LogP contribution in [-0.2, 0) is 4.79 Å². The second-order valence-electron chi connectivity index (χ2n) is 5.86. The normalized spacial score (nSPS) is 12.1. The number of methoxy groups -OCH3 is 1. The van der Waals surface area contributed by atoms with Gasteiger partial charge in [0.05, 0.1) is 24.6 Å². The number of phenols is 1. The number of aromatic hydroxyl groups is 1. The number of ether oxygens (including phenoxy) is 1. The van der Waals surface area contributed by atoms with Crippen molar-refractivity contribution in [3.63, 3.8) is 0 Å². The lowest BCUT2D eigenvalue weighted by Crippen LogP contribution is -2.09. The van der Waals surface area contributed by atoms with Crippen molar-refractivity contribution >= 4 is 17.3 Å². The molecule has 1 atom stereocenters. The minimum Gasteiger partial charge on any atom is -0.504 e. The Kier molecular flexibility index (Phi) is 7.05. The largest absolute Gasteiger partial charge is 0.504 e. The topological polar surface area (TPSA) is 105 Å². The number of para-hydroxylation sites is 2. The average molecular weight is 356 g/mol. The molecule has 0 aliphatic carbocycles. The monoisotopic (exact) mass is 356 g/mol. The maximum Gasteiger partial charge on any atom is 0.248 e. The summed E-state index contributed by atoms with van der Waals surface area (Å²) in [6.07, 6.45) is 4.40. The number of benzene rings is 2. The number of allylic oxidation sites excluding steroid dienone is 1. The van der Waals surface area contributed by atoms with E-state index in [9.17, 15) is 15.0 Å². The van der Waals surface area contributed by atoms with Crippen molar-refractivity contribution in [1.29, 1.82) is 0 Å². The van der Waals surface area contributed by atoms with Crippen molar-refractivity contribution in [2.24, 2.45) is 0 Å². The quantitative estimate of drug-likeness (QED) is 0.330. The number of hydrogen-bond acceptors (Lipinski definition) is 5. The van der Waals surface area contributed by atoms with Crippen LogP contribution in [0, 0.1) is 0 Å². The Morgan fingerprint density at radius 3 is 2.77 bits per heavy atom. The lowest BCUT2D eigenvalue weighted by molar-refractivity contribution is -0.111. The molecule has 1 amide bonds. The molecule has 0 bridgehead atoms. The van der Waals surface area contributed by atoms with Crippen molar-refractivity contribution < 1.29 is 19.7 Å². The van der Waals surface area contributed by atoms with Gasteiger partial charge in [0.2, 0.25) is 5.91 Å². The first-order chi connectivity index (χ1) is 12.5. The fourth-order valence-corrected chi connectivity index (χ4v) is 2.49. The molecule has 6 nitrogen and oxygen atoms in total. The number of hydrogen-bond donors (Lipinski definition) is 4. The highest BCUT2D eigenvalue weighted by atomic mass is 16.5. The number of carbonyl (C=O) groups is 1. The molecule has 138 valence electrons. The molecule has 2 aromatic carbocycles. The second-order valence-corrected chi connectivity index (χ2v) is 5.86. The van der Waals surface area contributed by atoms with Crippen LogP contribution in [0.2, 0.25) is 0 Å². The van der Waals surface area contributed by atoms with E-state index in [1.54, 1.807) is 42.5 Å². The molecular formula is C20H24N2O4. The zero-order valence-corrected chi connectivity index (χ0v) is 14.7. The molecule has 0 heterocycles. The Labute approximate surface area is 152 Å². The first kappa shape index (κ1) is 19.3. The molecule has 0 aliphatic rings. The predicted molar refractivity (Wildman–Crippen MR) is 102 cm³/mol. The summed E-state index contributed by atoms with van der Waals surface area (Å²) in [6.45, 7) is 0. The van der Waals surface area contributed by atoms with Crippen LogP contribution in [-0.4, -0.2) is 23.2 Å². The van der Waals surface area contributed by atoms with Crippen LogP contribution in [0.5, 0.6) is 11.5 Å². The van der Waals surface area contributed by atoms with Crippen LogP contribution in [0.25, 0.3) is 0 Å². The summed E-state index contributed by atoms with van der Waals surface area (Å²) in [4.78, 5) is 11.8. The minimum atomic E-state index is -0.682. The summed E-state index contributed by atoms with van der Waals surface area (Å²) in [6, 6.07) is 11.9. The molecule has 26 heavy (non-hydrogen) atoms. The van der Waals surface area contributed by atoms with E-state index in [0.717, 1.165) is 0 Å². The number of aliphatic hydroxyl groups is 1. The van der Waals surface area contributed by atoms with E-state index in [1.165, 1.54) is 19.3 Å². The van der Waals surface area contributed by atoms with Gasteiger partial charge < -0.3 is 26.0 Å². The van der Waals surface area contributed by atoms with Gasteiger partial charge in [0.25, 0.3) is 0 Å². The summed E-state index contributed by atoms with van der Waals surface area (Å²) >= 11 is 0. The molecule has 0 fully saturated rings. The van der Waals surface area contributed by atoms with Crippen LogP contribution in [0.4, 0.5) is 11.4 Å². The Bertz CT molecular complexity index is 774. The van der Waals surface area contributed by atoms with Crippen molar-refractivity contribution in [2.75, 3.05) is 18.2 Å². The van der Waals surface area contributed by atoms with E-state index in [4.69, 9.17) is 10.5 Å². The zero-order chi connectivity index (χ0) is 18.9. The van der Waals surface area contributed by atoms with Crippen molar-refractivity contribution in [1.82, 2.24) is 0 Å². The molecule has 5 N–H and O–H groups in total. The Hall–Kier alpha value is -2.99. The number of nitrogen functional groups attached to an aromatic ring is 1. The van der Waals surface area contributed by atoms with E-state index < -0.39 is 6.10 Å². The fraction of sp³-hybridized carbons (Fsp3) is 0.250. The van der Waals surface area contributed by atoms with Crippen LogP contribution in [0.3, 0.4) is 0 Å². The standard InChI is InChI=1S/C20H24N2O4/c1-26-19-12-11-14(13-18(19)24)17(23)9-3-2-4-10-20(25)22-16-8-6-5-7-15(16)21/h4-8,10-13,17,23-24H,2-3,9,21H2,1H3,(H,22,25)/b10-4+/t17-/m0/s1. The molecule has 0 aliphatic heterocycles. The third-order valence-corrected chi connectivity index (χ3v) is 3.92. The third-order valence-electron chi connectivity index (χ3n) is 3.92. The maximum absolute atomic E-state index is 11.8. The number of amides is 1. The first-order valence-corrected chi connectivity index (χ1v) is 8.38. The fourth-order valence-electron chi connectivity index (χ4n) is 2.49. The summed E-state index contributed by atoms with van der Waals surface area (Å²) in [7, 11) is 1.47. The molecular weight excluding hydrogens is 332 g/mol. The van der Waals surface area contributed by atoms with Gasteiger partial charge in [-0.1, -0.05) is 24.3 Å². The molecule has 0 radical (unpaired) electrons. The molecule has 2 aromatic rings. The van der Waals surface area contributed by atoms with Crippen LogP contribution >= 0.6 is 0 Å². The van der Waals surface area contributed by atoms with Gasteiger partial charge in [0.1, 0.15) is 0 Å². The zero-order valence-electron chi connectivity index (χ0n) is 14.7. The SMILES string of the molecule is COc1ccc([C@@H](O)CCC/C=C/C(=O)Nc2ccccc2N)cc1O. The van der Waals surface area contributed by atoms with Gasteiger partial charge in [-0.2, -0.15) is 0 Å².